The minimum Gasteiger partial charge on any atom is -0.486 e. The third-order valence-corrected chi connectivity index (χ3v) is 8.40. The number of aryl methyl sites for hydroxylation is 3. The average Bonchev–Trinajstić information content (AvgIpc) is 3.01. The average molecular weight is 613 g/mol. The van der Waals surface area contributed by atoms with E-state index in [4.69, 9.17) is 4.74 Å². The fourth-order valence-electron chi connectivity index (χ4n) is 6.09. The first-order valence-corrected chi connectivity index (χ1v) is 15.2. The summed E-state index contributed by atoms with van der Waals surface area (Å²) in [5.41, 5.74) is 5.36. The van der Waals surface area contributed by atoms with Gasteiger partial charge >= 0.3 is 5.97 Å². The molecule has 0 aromatic heterocycles. The molecule has 1 fully saturated rings. The van der Waals surface area contributed by atoms with Crippen molar-refractivity contribution < 1.29 is 28.2 Å². The summed E-state index contributed by atoms with van der Waals surface area (Å²) in [5, 5.41) is 12.7. The molecule has 234 valence electrons. The van der Waals surface area contributed by atoms with Crippen LogP contribution in [0.25, 0.3) is 0 Å². The SMILES string of the molecule is Cc1cc(C)cc(C2(NC(=O)c3cc(COc4cc(F)ccc4F)ccc3CCC(=O)O)CCN(Cc3ccccc3)CC2)c1. The van der Waals surface area contributed by atoms with Crippen molar-refractivity contribution in [3.63, 3.8) is 0 Å². The van der Waals surface area contributed by atoms with Gasteiger partial charge in [-0.3, -0.25) is 14.5 Å². The van der Waals surface area contributed by atoms with Gasteiger partial charge in [0.25, 0.3) is 5.91 Å². The lowest BCUT2D eigenvalue weighted by Crippen LogP contribution is -2.53. The molecule has 4 aromatic rings. The molecule has 8 heteroatoms. The van der Waals surface area contributed by atoms with Gasteiger partial charge in [0, 0.05) is 37.7 Å². The van der Waals surface area contributed by atoms with Gasteiger partial charge in [0.2, 0.25) is 0 Å². The highest BCUT2D eigenvalue weighted by atomic mass is 19.1. The standard InChI is InChI=1S/C37H38F2N2O4/c1-25-18-26(2)20-30(19-25)37(14-16-41(17-15-37)23-27-6-4-3-5-7-27)40-36(44)32-21-28(8-9-29(32)10-13-35(42)43)24-45-34-22-31(38)11-12-33(34)39/h3-9,11-12,18-22H,10,13-17,23-24H2,1-2H3,(H,40,44)(H,42,43). The summed E-state index contributed by atoms with van der Waals surface area (Å²) in [6, 6.07) is 24.7. The van der Waals surface area contributed by atoms with Crippen LogP contribution < -0.4 is 10.1 Å². The second-order valence-corrected chi connectivity index (χ2v) is 11.9. The molecule has 0 bridgehead atoms. The molecule has 0 unspecified atom stereocenters. The number of carbonyl (C=O) groups excluding carboxylic acids is 1. The van der Waals surface area contributed by atoms with Gasteiger partial charge in [0.05, 0.1) is 5.54 Å². The normalized spacial score (nSPS) is 14.6. The molecule has 45 heavy (non-hydrogen) atoms. The van der Waals surface area contributed by atoms with Crippen LogP contribution in [0.5, 0.6) is 5.75 Å². The summed E-state index contributed by atoms with van der Waals surface area (Å²) in [6.45, 7) is 6.38. The molecule has 1 aliphatic heterocycles. The summed E-state index contributed by atoms with van der Waals surface area (Å²) in [6.07, 6.45) is 1.42. The van der Waals surface area contributed by atoms with Gasteiger partial charge in [-0.15, -0.1) is 0 Å². The number of carboxylic acids is 1. The molecule has 1 aliphatic rings. The van der Waals surface area contributed by atoms with Gasteiger partial charge in [0.1, 0.15) is 12.4 Å². The maximum atomic E-state index is 14.2. The van der Waals surface area contributed by atoms with Crippen molar-refractivity contribution in [3.05, 3.63) is 136 Å². The molecule has 2 N–H and O–H groups in total. The number of piperidine rings is 1. The summed E-state index contributed by atoms with van der Waals surface area (Å²) >= 11 is 0. The van der Waals surface area contributed by atoms with Gasteiger partial charge in [-0.1, -0.05) is 71.8 Å². The largest absolute Gasteiger partial charge is 0.486 e. The first-order chi connectivity index (χ1) is 21.6. The Balaban J connectivity index is 1.43. The van der Waals surface area contributed by atoms with Crippen LogP contribution in [-0.2, 0) is 29.9 Å². The van der Waals surface area contributed by atoms with Crippen molar-refractivity contribution >= 4 is 11.9 Å². The van der Waals surface area contributed by atoms with Crippen LogP contribution in [0.4, 0.5) is 8.78 Å². The first-order valence-electron chi connectivity index (χ1n) is 15.2. The van der Waals surface area contributed by atoms with Crippen LogP contribution in [0.15, 0.2) is 84.9 Å². The Morgan fingerprint density at radius 2 is 1.60 bits per heavy atom. The van der Waals surface area contributed by atoms with Crippen LogP contribution in [0.2, 0.25) is 0 Å². The number of benzene rings is 4. The predicted octanol–water partition coefficient (Wildman–Crippen LogP) is 7.10. The highest BCUT2D eigenvalue weighted by molar-refractivity contribution is 5.96. The Labute approximate surface area is 262 Å². The molecule has 1 saturated heterocycles. The lowest BCUT2D eigenvalue weighted by atomic mass is 9.79. The van der Waals surface area contributed by atoms with E-state index in [0.29, 0.717) is 29.5 Å². The zero-order valence-electron chi connectivity index (χ0n) is 25.6. The first kappa shape index (κ1) is 31.9. The molecule has 0 atom stereocenters. The number of likely N-dealkylation sites (tertiary alicyclic amines) is 1. The smallest absolute Gasteiger partial charge is 0.303 e. The predicted molar refractivity (Wildman–Crippen MR) is 169 cm³/mol. The van der Waals surface area contributed by atoms with Crippen LogP contribution >= 0.6 is 0 Å². The van der Waals surface area contributed by atoms with E-state index in [2.05, 4.69) is 40.5 Å². The highest BCUT2D eigenvalue weighted by Gasteiger charge is 2.38. The second-order valence-electron chi connectivity index (χ2n) is 11.9. The number of aliphatic carboxylic acids is 1. The molecule has 6 nitrogen and oxygen atoms in total. The molecule has 0 radical (unpaired) electrons. The topological polar surface area (TPSA) is 78.9 Å². The van der Waals surface area contributed by atoms with Crippen LogP contribution in [0, 0.1) is 25.5 Å². The number of nitrogens with one attached hydrogen (secondary N) is 1. The van der Waals surface area contributed by atoms with Crippen molar-refractivity contribution in [2.45, 2.75) is 58.2 Å². The molecule has 5 rings (SSSR count). The van der Waals surface area contributed by atoms with Crippen molar-refractivity contribution in [1.82, 2.24) is 10.2 Å². The zero-order chi connectivity index (χ0) is 32.0. The number of carboxylic acid groups (broad SMARTS) is 1. The third-order valence-electron chi connectivity index (χ3n) is 8.40. The van der Waals surface area contributed by atoms with Crippen molar-refractivity contribution in [1.29, 1.82) is 0 Å². The number of ether oxygens (including phenoxy) is 1. The Bertz CT molecular complexity index is 1650. The molecule has 0 spiro atoms. The molecule has 1 heterocycles. The lowest BCUT2D eigenvalue weighted by molar-refractivity contribution is -0.136. The Kier molecular flexibility index (Phi) is 9.93. The van der Waals surface area contributed by atoms with Gasteiger partial charge in [-0.05, 0) is 73.6 Å². The maximum absolute atomic E-state index is 14.2. The molecule has 0 saturated carbocycles. The molecular weight excluding hydrogens is 574 g/mol. The summed E-state index contributed by atoms with van der Waals surface area (Å²) in [5.74, 6) is -2.83. The van der Waals surface area contributed by atoms with E-state index in [1.165, 1.54) is 5.56 Å². The van der Waals surface area contributed by atoms with Crippen LogP contribution in [-0.4, -0.2) is 35.0 Å². The van der Waals surface area contributed by atoms with Gasteiger partial charge in [-0.2, -0.15) is 0 Å². The Morgan fingerprint density at radius 3 is 2.29 bits per heavy atom. The van der Waals surface area contributed by atoms with Gasteiger partial charge in [-0.25, -0.2) is 8.78 Å². The van der Waals surface area contributed by atoms with Crippen molar-refractivity contribution in [2.24, 2.45) is 0 Å². The maximum Gasteiger partial charge on any atom is 0.303 e. The van der Waals surface area contributed by atoms with Gasteiger partial charge < -0.3 is 15.2 Å². The van der Waals surface area contributed by atoms with E-state index in [1.807, 2.05) is 32.0 Å². The van der Waals surface area contributed by atoms with E-state index in [-0.39, 0.29) is 31.1 Å². The van der Waals surface area contributed by atoms with E-state index < -0.39 is 23.1 Å². The second kappa shape index (κ2) is 14.0. The monoisotopic (exact) mass is 612 g/mol. The fourth-order valence-corrected chi connectivity index (χ4v) is 6.09. The third kappa shape index (κ3) is 8.13. The summed E-state index contributed by atoms with van der Waals surface area (Å²) in [7, 11) is 0. The zero-order valence-corrected chi connectivity index (χ0v) is 25.6. The minimum atomic E-state index is -0.965. The van der Waals surface area contributed by atoms with Crippen molar-refractivity contribution in [2.75, 3.05) is 13.1 Å². The molecule has 1 amide bonds. The van der Waals surface area contributed by atoms with Crippen LogP contribution in [0.1, 0.15) is 63.0 Å². The Morgan fingerprint density at radius 1 is 0.889 bits per heavy atom. The van der Waals surface area contributed by atoms with E-state index in [1.54, 1.807) is 18.2 Å². The number of hydrogen-bond donors (Lipinski definition) is 2. The number of amides is 1. The number of carbonyl (C=O) groups is 2. The lowest BCUT2D eigenvalue weighted by Gasteiger charge is -2.43. The molecule has 4 aromatic carbocycles. The summed E-state index contributed by atoms with van der Waals surface area (Å²) < 4.78 is 33.4. The number of hydrogen-bond acceptors (Lipinski definition) is 4. The number of rotatable bonds is 11. The quantitative estimate of drug-likeness (QED) is 0.189. The number of halogens is 2. The highest BCUT2D eigenvalue weighted by Crippen LogP contribution is 2.35. The molecular formula is C37H38F2N2O4. The van der Waals surface area contributed by atoms with E-state index in [9.17, 15) is 23.5 Å². The summed E-state index contributed by atoms with van der Waals surface area (Å²) in [4.78, 5) is 28.0. The van der Waals surface area contributed by atoms with Crippen LogP contribution in [0.3, 0.4) is 0 Å². The van der Waals surface area contributed by atoms with Gasteiger partial charge in [0.15, 0.2) is 11.6 Å². The molecule has 0 aliphatic carbocycles. The van der Waals surface area contributed by atoms with E-state index in [0.717, 1.165) is 54.5 Å². The fraction of sp³-hybridized carbons (Fsp3) is 0.297. The van der Waals surface area contributed by atoms with Crippen molar-refractivity contribution in [3.8, 4) is 5.75 Å². The van der Waals surface area contributed by atoms with E-state index >= 15 is 0 Å². The minimum absolute atomic E-state index is 0.101. The number of nitrogens with zero attached hydrogens (tertiary/aromatic N) is 1. The Hall–Kier alpha value is -4.56.